The summed E-state index contributed by atoms with van der Waals surface area (Å²) in [6.45, 7) is 1.72. The molecule has 3 aromatic rings. The zero-order valence-corrected chi connectivity index (χ0v) is 19.6. The molecule has 0 aromatic heterocycles. The van der Waals surface area contributed by atoms with Gasteiger partial charge < -0.3 is 9.64 Å². The van der Waals surface area contributed by atoms with Crippen molar-refractivity contribution in [2.45, 2.75) is 25.2 Å². The van der Waals surface area contributed by atoms with Crippen molar-refractivity contribution in [1.29, 1.82) is 0 Å². The molecule has 3 aromatic carbocycles. The molecule has 9 heteroatoms. The number of benzene rings is 3. The second-order valence-electron chi connectivity index (χ2n) is 9.28. The predicted molar refractivity (Wildman–Crippen MR) is 131 cm³/mol. The van der Waals surface area contributed by atoms with Gasteiger partial charge in [0.2, 0.25) is 11.8 Å². The van der Waals surface area contributed by atoms with E-state index >= 15 is 0 Å². The Bertz CT molecular complexity index is 1500. The number of halogens is 3. The first-order chi connectivity index (χ1) is 17.7. The van der Waals surface area contributed by atoms with E-state index in [0.29, 0.717) is 5.69 Å². The molecule has 4 atom stereocenters. The Kier molecular flexibility index (Phi) is 5.15. The molecule has 6 nitrogen and oxygen atoms in total. The lowest BCUT2D eigenvalue weighted by atomic mass is 9.88. The molecule has 0 bridgehead atoms. The van der Waals surface area contributed by atoms with Gasteiger partial charge in [-0.15, -0.1) is 0 Å². The van der Waals surface area contributed by atoms with Gasteiger partial charge >= 0.3 is 12.1 Å². The molecule has 0 saturated carbocycles. The lowest BCUT2D eigenvalue weighted by molar-refractivity contribution is -0.147. The van der Waals surface area contributed by atoms with E-state index in [1.165, 1.54) is 6.07 Å². The Balaban J connectivity index is 1.47. The molecule has 2 saturated heterocycles. The van der Waals surface area contributed by atoms with Gasteiger partial charge in [-0.1, -0.05) is 48.6 Å². The molecule has 0 unspecified atom stereocenters. The number of rotatable bonds is 3. The minimum absolute atomic E-state index is 0.0745. The third-order valence-electron chi connectivity index (χ3n) is 7.37. The van der Waals surface area contributed by atoms with Crippen LogP contribution in [0.15, 0.2) is 66.7 Å². The normalized spacial score (nSPS) is 24.3. The van der Waals surface area contributed by atoms with Crippen LogP contribution in [-0.2, 0) is 25.3 Å². The Labute approximate surface area is 209 Å². The van der Waals surface area contributed by atoms with Crippen LogP contribution < -0.4 is 9.80 Å². The maximum absolute atomic E-state index is 13.7. The molecule has 0 spiro atoms. The largest absolute Gasteiger partial charge is 0.464 e. The van der Waals surface area contributed by atoms with Gasteiger partial charge in [0.1, 0.15) is 6.04 Å². The second kappa shape index (κ2) is 8.19. The maximum atomic E-state index is 13.7. The van der Waals surface area contributed by atoms with Crippen LogP contribution in [0.4, 0.5) is 24.5 Å². The van der Waals surface area contributed by atoms with Crippen LogP contribution in [0, 0.1) is 11.8 Å². The summed E-state index contributed by atoms with van der Waals surface area (Å²) in [4.78, 5) is 43.2. The van der Waals surface area contributed by atoms with E-state index in [0.717, 1.165) is 39.4 Å². The number of imide groups is 1. The summed E-state index contributed by atoms with van der Waals surface area (Å²) in [6.07, 6.45) is -0.957. The standard InChI is InChI=1S/C28H21F3N2O4/c1-2-37-27(36)24-23-22(25(34)32(26(23)35)17-8-5-7-16(14-17)28(29,30)31)21-13-11-19-18-9-4-3-6-15(18)10-12-20(19)33(21)24/h3-14,21-24H,2H2,1H3/t21-,22-,23-,24-/m1/s1. The van der Waals surface area contributed by atoms with Crippen molar-refractivity contribution in [1.82, 2.24) is 0 Å². The molecule has 0 aliphatic carbocycles. The van der Waals surface area contributed by atoms with Crippen LogP contribution in [0.5, 0.6) is 0 Å². The number of ether oxygens (including phenoxy) is 1. The molecular formula is C28H21F3N2O4. The minimum Gasteiger partial charge on any atom is -0.464 e. The number of esters is 1. The van der Waals surface area contributed by atoms with Crippen LogP contribution in [0.3, 0.4) is 0 Å². The van der Waals surface area contributed by atoms with Crippen LogP contribution in [-0.4, -0.2) is 36.5 Å². The first-order valence-corrected chi connectivity index (χ1v) is 11.9. The smallest absolute Gasteiger partial charge is 0.416 e. The Morgan fingerprint density at radius 1 is 0.973 bits per heavy atom. The average Bonchev–Trinajstić information content (AvgIpc) is 3.36. The Hall–Kier alpha value is -4.14. The Morgan fingerprint density at radius 2 is 1.73 bits per heavy atom. The maximum Gasteiger partial charge on any atom is 0.416 e. The third-order valence-corrected chi connectivity index (χ3v) is 7.37. The van der Waals surface area contributed by atoms with E-state index in [4.69, 9.17) is 4.74 Å². The quantitative estimate of drug-likeness (QED) is 0.377. The minimum atomic E-state index is -4.64. The summed E-state index contributed by atoms with van der Waals surface area (Å²) >= 11 is 0. The summed E-state index contributed by atoms with van der Waals surface area (Å²) in [5, 5.41) is 1.96. The van der Waals surface area contributed by atoms with E-state index in [1.807, 2.05) is 42.5 Å². The number of fused-ring (bicyclic) bond motifs is 7. The molecule has 3 aliphatic heterocycles. The third kappa shape index (κ3) is 3.37. The van der Waals surface area contributed by atoms with Gasteiger partial charge in [-0.05, 0) is 42.0 Å². The highest BCUT2D eigenvalue weighted by Gasteiger charge is 2.65. The summed E-state index contributed by atoms with van der Waals surface area (Å²) in [5.74, 6) is -4.05. The topological polar surface area (TPSA) is 66.9 Å². The molecule has 0 radical (unpaired) electrons. The van der Waals surface area contributed by atoms with Gasteiger partial charge in [0.25, 0.3) is 0 Å². The zero-order chi connectivity index (χ0) is 26.1. The van der Waals surface area contributed by atoms with E-state index in [2.05, 4.69) is 0 Å². The number of hydrogen-bond donors (Lipinski definition) is 0. The van der Waals surface area contributed by atoms with E-state index in [1.54, 1.807) is 17.9 Å². The van der Waals surface area contributed by atoms with Crippen molar-refractivity contribution in [3.8, 4) is 0 Å². The van der Waals surface area contributed by atoms with Crippen LogP contribution >= 0.6 is 0 Å². The molecule has 2 amide bonds. The molecular weight excluding hydrogens is 485 g/mol. The SMILES string of the molecule is CCOC(=O)[C@H]1[C@@H]2C(=O)N(c3cccc(C(F)(F)F)c3)C(=O)[C@@H]2[C@H]2C=Cc3c(ccc4ccccc34)N21. The van der Waals surface area contributed by atoms with E-state index < -0.39 is 53.4 Å². The fourth-order valence-electron chi connectivity index (χ4n) is 5.90. The zero-order valence-electron chi connectivity index (χ0n) is 19.6. The van der Waals surface area contributed by atoms with Crippen LogP contribution in [0.2, 0.25) is 0 Å². The van der Waals surface area contributed by atoms with Crippen LogP contribution in [0.25, 0.3) is 16.8 Å². The molecule has 2 fully saturated rings. The summed E-state index contributed by atoms with van der Waals surface area (Å²) < 4.78 is 45.4. The van der Waals surface area contributed by atoms with Gasteiger partial charge in [0, 0.05) is 11.3 Å². The average molecular weight is 506 g/mol. The number of hydrogen-bond acceptors (Lipinski definition) is 5. The lowest BCUT2D eigenvalue weighted by Crippen LogP contribution is -2.49. The molecule has 0 N–H and O–H groups in total. The van der Waals surface area contributed by atoms with Crippen molar-refractivity contribution in [3.05, 3.63) is 77.9 Å². The molecule has 188 valence electrons. The van der Waals surface area contributed by atoms with Crippen molar-refractivity contribution in [2.24, 2.45) is 11.8 Å². The highest BCUT2D eigenvalue weighted by Crippen LogP contribution is 2.50. The van der Waals surface area contributed by atoms with E-state index in [-0.39, 0.29) is 12.3 Å². The highest BCUT2D eigenvalue weighted by molar-refractivity contribution is 6.24. The van der Waals surface area contributed by atoms with Gasteiger partial charge in [0.15, 0.2) is 0 Å². The first kappa shape index (κ1) is 23.3. The number of carbonyl (C=O) groups excluding carboxylic acids is 3. The molecule has 37 heavy (non-hydrogen) atoms. The number of alkyl halides is 3. The summed E-state index contributed by atoms with van der Waals surface area (Å²) in [5.41, 5.74) is 0.423. The monoisotopic (exact) mass is 506 g/mol. The van der Waals surface area contributed by atoms with Crippen molar-refractivity contribution in [2.75, 3.05) is 16.4 Å². The van der Waals surface area contributed by atoms with Crippen molar-refractivity contribution >= 4 is 46.0 Å². The lowest BCUT2D eigenvalue weighted by Gasteiger charge is -2.36. The Morgan fingerprint density at radius 3 is 2.49 bits per heavy atom. The number of amides is 2. The molecule has 3 aliphatic rings. The van der Waals surface area contributed by atoms with Crippen molar-refractivity contribution in [3.63, 3.8) is 0 Å². The fraction of sp³-hybridized carbons (Fsp3) is 0.250. The fourth-order valence-corrected chi connectivity index (χ4v) is 5.90. The van der Waals surface area contributed by atoms with Crippen molar-refractivity contribution < 1.29 is 32.3 Å². The van der Waals surface area contributed by atoms with Crippen LogP contribution in [0.1, 0.15) is 18.1 Å². The van der Waals surface area contributed by atoms with Gasteiger partial charge in [-0.25, -0.2) is 9.69 Å². The van der Waals surface area contributed by atoms with Gasteiger partial charge in [-0.2, -0.15) is 13.2 Å². The summed E-state index contributed by atoms with van der Waals surface area (Å²) in [7, 11) is 0. The molecule has 3 heterocycles. The first-order valence-electron chi connectivity index (χ1n) is 11.9. The number of carbonyl (C=O) groups is 3. The van der Waals surface area contributed by atoms with Gasteiger partial charge in [-0.3, -0.25) is 9.59 Å². The highest BCUT2D eigenvalue weighted by atomic mass is 19.4. The predicted octanol–water partition coefficient (Wildman–Crippen LogP) is 4.81. The van der Waals surface area contributed by atoms with E-state index in [9.17, 15) is 27.6 Å². The second-order valence-corrected chi connectivity index (χ2v) is 9.28. The van der Waals surface area contributed by atoms with Gasteiger partial charge in [0.05, 0.1) is 35.7 Å². The number of anilines is 2. The number of nitrogens with zero attached hydrogens (tertiary/aromatic N) is 2. The molecule has 6 rings (SSSR count). The summed E-state index contributed by atoms with van der Waals surface area (Å²) in [6, 6.07) is 13.9.